The van der Waals surface area contributed by atoms with E-state index in [1.54, 1.807) is 12.1 Å². The lowest BCUT2D eigenvalue weighted by Gasteiger charge is -2.11. The van der Waals surface area contributed by atoms with Gasteiger partial charge in [0.2, 0.25) is 0 Å². The second-order valence-corrected chi connectivity index (χ2v) is 6.63. The quantitative estimate of drug-likeness (QED) is 0.665. The van der Waals surface area contributed by atoms with Crippen molar-refractivity contribution in [1.29, 1.82) is 0 Å². The number of carbonyl (C=O) groups is 1. The van der Waals surface area contributed by atoms with E-state index in [9.17, 15) is 17.6 Å². The van der Waals surface area contributed by atoms with E-state index < -0.39 is 21.8 Å². The van der Waals surface area contributed by atoms with Crippen molar-refractivity contribution in [1.82, 2.24) is 0 Å². The fourth-order valence-electron chi connectivity index (χ4n) is 1.91. The van der Waals surface area contributed by atoms with Gasteiger partial charge in [0, 0.05) is 11.6 Å². The zero-order valence-corrected chi connectivity index (χ0v) is 13.9. The highest BCUT2D eigenvalue weighted by molar-refractivity contribution is 7.92. The molecule has 2 aromatic rings. The number of anilines is 1. The number of hydrogen-bond donors (Lipinski definition) is 1. The van der Waals surface area contributed by atoms with E-state index in [1.807, 2.05) is 0 Å². The Morgan fingerprint density at radius 2 is 1.83 bits per heavy atom. The van der Waals surface area contributed by atoms with E-state index in [4.69, 9.17) is 0 Å². The predicted octanol–water partition coefficient (Wildman–Crippen LogP) is 3.12. The first-order valence-electron chi connectivity index (χ1n) is 6.97. The number of halogens is 1. The number of benzene rings is 2. The molecular formula is C17H16FNO4S. The summed E-state index contributed by atoms with van der Waals surface area (Å²) in [6.07, 6.45) is 2.74. The van der Waals surface area contributed by atoms with Gasteiger partial charge in [0.25, 0.3) is 10.0 Å². The molecule has 0 aromatic heterocycles. The molecule has 0 aliphatic carbocycles. The second kappa shape index (κ2) is 7.27. The van der Waals surface area contributed by atoms with Crippen LogP contribution in [0.3, 0.4) is 0 Å². The molecule has 0 saturated heterocycles. The van der Waals surface area contributed by atoms with Crippen molar-refractivity contribution in [2.45, 2.75) is 11.8 Å². The number of sulfonamides is 1. The summed E-state index contributed by atoms with van der Waals surface area (Å²) in [5, 5.41) is 0. The highest BCUT2D eigenvalue weighted by Crippen LogP contribution is 2.22. The minimum Gasteiger partial charge on any atom is -0.466 e. The maximum absolute atomic E-state index is 13.5. The van der Waals surface area contributed by atoms with Crippen LogP contribution in [0.15, 0.2) is 53.4 Å². The van der Waals surface area contributed by atoms with E-state index in [2.05, 4.69) is 9.46 Å². The number of methoxy groups -OCH3 is 1. The number of carbonyl (C=O) groups excluding carboxylic acids is 1. The molecule has 0 spiro atoms. The lowest BCUT2D eigenvalue weighted by atomic mass is 10.2. The van der Waals surface area contributed by atoms with Gasteiger partial charge >= 0.3 is 5.97 Å². The Bertz CT molecular complexity index is 874. The molecule has 7 heteroatoms. The van der Waals surface area contributed by atoms with Crippen molar-refractivity contribution in [3.8, 4) is 0 Å². The molecule has 1 N–H and O–H groups in total. The highest BCUT2D eigenvalue weighted by atomic mass is 32.2. The van der Waals surface area contributed by atoms with E-state index in [-0.39, 0.29) is 16.1 Å². The average molecular weight is 349 g/mol. The van der Waals surface area contributed by atoms with Crippen LogP contribution in [0.1, 0.15) is 11.1 Å². The summed E-state index contributed by atoms with van der Waals surface area (Å²) in [6.45, 7) is 1.49. The van der Waals surface area contributed by atoms with Gasteiger partial charge in [-0.1, -0.05) is 18.2 Å². The highest BCUT2D eigenvalue weighted by Gasteiger charge is 2.16. The van der Waals surface area contributed by atoms with Crippen LogP contribution in [0.2, 0.25) is 0 Å². The summed E-state index contributed by atoms with van der Waals surface area (Å²) in [5.74, 6) is -0.992. The molecule has 0 bridgehead atoms. The second-order valence-electron chi connectivity index (χ2n) is 4.94. The largest absolute Gasteiger partial charge is 0.466 e. The monoisotopic (exact) mass is 349 g/mol. The summed E-state index contributed by atoms with van der Waals surface area (Å²) >= 11 is 0. The lowest BCUT2D eigenvalue weighted by molar-refractivity contribution is -0.134. The maximum atomic E-state index is 13.5. The summed E-state index contributed by atoms with van der Waals surface area (Å²) in [7, 11) is -2.57. The molecule has 0 radical (unpaired) electrons. The molecule has 0 atom stereocenters. The van der Waals surface area contributed by atoms with Gasteiger partial charge in [-0.3, -0.25) is 4.72 Å². The van der Waals surface area contributed by atoms with Gasteiger partial charge in [-0.05, 0) is 42.8 Å². The molecule has 2 aromatic carbocycles. The first-order chi connectivity index (χ1) is 11.3. The fraction of sp³-hybridized carbons (Fsp3) is 0.118. The summed E-state index contributed by atoms with van der Waals surface area (Å²) in [5.41, 5.74) is 1.05. The third-order valence-electron chi connectivity index (χ3n) is 3.32. The molecule has 0 amide bonds. The zero-order chi connectivity index (χ0) is 17.7. The van der Waals surface area contributed by atoms with Crippen molar-refractivity contribution in [3.63, 3.8) is 0 Å². The first-order valence-corrected chi connectivity index (χ1v) is 8.46. The first kappa shape index (κ1) is 17.7. The minimum absolute atomic E-state index is 0.0291. The zero-order valence-electron chi connectivity index (χ0n) is 13.1. The Labute approximate surface area is 139 Å². The van der Waals surface area contributed by atoms with Crippen LogP contribution in [0, 0.1) is 12.7 Å². The summed E-state index contributed by atoms with van der Waals surface area (Å²) < 4.78 is 45.1. The minimum atomic E-state index is -3.84. The molecule has 0 unspecified atom stereocenters. The summed E-state index contributed by atoms with van der Waals surface area (Å²) in [4.78, 5) is 11.1. The van der Waals surface area contributed by atoms with Gasteiger partial charge in [0.1, 0.15) is 5.82 Å². The molecule has 126 valence electrons. The molecule has 2 rings (SSSR count). The molecular weight excluding hydrogens is 333 g/mol. The van der Waals surface area contributed by atoms with E-state index in [1.165, 1.54) is 56.5 Å². The van der Waals surface area contributed by atoms with Gasteiger partial charge < -0.3 is 4.74 Å². The fourth-order valence-corrected chi connectivity index (χ4v) is 3.04. The van der Waals surface area contributed by atoms with E-state index >= 15 is 0 Å². The Morgan fingerprint density at radius 3 is 2.46 bits per heavy atom. The normalized spacial score (nSPS) is 11.5. The van der Waals surface area contributed by atoms with Gasteiger partial charge in [-0.2, -0.15) is 0 Å². The third-order valence-corrected chi connectivity index (χ3v) is 4.70. The van der Waals surface area contributed by atoms with Crippen LogP contribution < -0.4 is 4.72 Å². The topological polar surface area (TPSA) is 72.5 Å². The van der Waals surface area contributed by atoms with Crippen LogP contribution in [0.25, 0.3) is 6.08 Å². The molecule has 5 nitrogen and oxygen atoms in total. The van der Waals surface area contributed by atoms with Crippen molar-refractivity contribution in [2.75, 3.05) is 11.8 Å². The Morgan fingerprint density at radius 1 is 1.17 bits per heavy atom. The predicted molar refractivity (Wildman–Crippen MR) is 89.4 cm³/mol. The van der Waals surface area contributed by atoms with Crippen molar-refractivity contribution in [2.24, 2.45) is 0 Å². The van der Waals surface area contributed by atoms with Crippen molar-refractivity contribution >= 4 is 27.8 Å². The van der Waals surface area contributed by atoms with Gasteiger partial charge in [-0.15, -0.1) is 0 Å². The molecule has 0 heterocycles. The summed E-state index contributed by atoms with van der Waals surface area (Å²) in [6, 6.07) is 10.1. The smallest absolute Gasteiger partial charge is 0.330 e. The number of rotatable bonds is 5. The lowest BCUT2D eigenvalue weighted by Crippen LogP contribution is -2.14. The van der Waals surface area contributed by atoms with Crippen LogP contribution in [-0.4, -0.2) is 21.5 Å². The maximum Gasteiger partial charge on any atom is 0.330 e. The standard InChI is InChI=1S/C17H16FNO4S/c1-12-15(18)4-3-5-16(12)19-24(21,22)14-9-6-13(7-10-14)8-11-17(20)23-2/h3-11,19H,1-2H3/b11-8+. The van der Waals surface area contributed by atoms with Crippen molar-refractivity contribution < 1.29 is 22.3 Å². The van der Waals surface area contributed by atoms with E-state index in [0.717, 1.165) is 0 Å². The Balaban J connectivity index is 2.22. The number of hydrogen-bond acceptors (Lipinski definition) is 4. The molecule has 0 aliphatic rings. The van der Waals surface area contributed by atoms with Gasteiger partial charge in [0.05, 0.1) is 17.7 Å². The van der Waals surface area contributed by atoms with Crippen molar-refractivity contribution in [3.05, 3.63) is 65.5 Å². The molecule has 0 fully saturated rings. The van der Waals surface area contributed by atoms with Crippen LogP contribution in [0.4, 0.5) is 10.1 Å². The van der Waals surface area contributed by atoms with Crippen LogP contribution >= 0.6 is 0 Å². The third kappa shape index (κ3) is 4.20. The number of nitrogens with one attached hydrogen (secondary N) is 1. The van der Waals surface area contributed by atoms with E-state index in [0.29, 0.717) is 5.56 Å². The Kier molecular flexibility index (Phi) is 5.35. The molecule has 0 aliphatic heterocycles. The molecule has 0 saturated carbocycles. The number of esters is 1. The van der Waals surface area contributed by atoms with Crippen LogP contribution in [-0.2, 0) is 19.6 Å². The van der Waals surface area contributed by atoms with Crippen LogP contribution in [0.5, 0.6) is 0 Å². The number of ether oxygens (including phenoxy) is 1. The SMILES string of the molecule is COC(=O)/C=C/c1ccc(S(=O)(=O)Nc2cccc(F)c2C)cc1. The molecule has 24 heavy (non-hydrogen) atoms. The van der Waals surface area contributed by atoms with Gasteiger partial charge in [0.15, 0.2) is 0 Å². The van der Waals surface area contributed by atoms with Gasteiger partial charge in [-0.25, -0.2) is 17.6 Å². The average Bonchev–Trinajstić information content (AvgIpc) is 2.57. The Hall–Kier alpha value is -2.67.